The van der Waals surface area contributed by atoms with Gasteiger partial charge in [0.2, 0.25) is 10.0 Å². The second kappa shape index (κ2) is 6.19. The number of hydrogen-bond donors (Lipinski definition) is 2. The number of hydrogen-bond acceptors (Lipinski definition) is 6. The average molecular weight is 339 g/mol. The number of aliphatic hydroxyl groups excluding tert-OH is 1. The molecule has 124 valence electrons. The van der Waals surface area contributed by atoms with Crippen molar-refractivity contribution < 1.29 is 23.0 Å². The van der Waals surface area contributed by atoms with Crippen LogP contribution in [0.25, 0.3) is 0 Å². The lowest BCUT2D eigenvalue weighted by atomic mass is 10.1. The van der Waals surface area contributed by atoms with Crippen LogP contribution in [0, 0.1) is 0 Å². The summed E-state index contributed by atoms with van der Waals surface area (Å²) < 4.78 is 38.8. The predicted octanol–water partition coefficient (Wildman–Crippen LogP) is 0.203. The van der Waals surface area contributed by atoms with Gasteiger partial charge in [-0.25, -0.2) is 13.1 Å². The Kier molecular flexibility index (Phi) is 4.24. The van der Waals surface area contributed by atoms with E-state index < -0.39 is 16.1 Å². The molecule has 9 heteroatoms. The summed E-state index contributed by atoms with van der Waals surface area (Å²) in [5.41, 5.74) is 0.545. The number of aliphatic hydroxyl groups is 1. The highest BCUT2D eigenvalue weighted by molar-refractivity contribution is 7.89. The molecule has 0 saturated carbocycles. The minimum Gasteiger partial charge on any atom is -0.486 e. The monoisotopic (exact) mass is 339 g/mol. The second-order valence-corrected chi connectivity index (χ2v) is 6.89. The lowest BCUT2D eigenvalue weighted by Crippen LogP contribution is -2.28. The van der Waals surface area contributed by atoms with Gasteiger partial charge in [0.05, 0.1) is 12.3 Å². The summed E-state index contributed by atoms with van der Waals surface area (Å²) in [5, 5.41) is 14.0. The molecule has 2 N–H and O–H groups in total. The van der Waals surface area contributed by atoms with E-state index >= 15 is 0 Å². The molecule has 1 aliphatic heterocycles. The number of nitrogens with one attached hydrogen (secondary N) is 1. The third-order valence-electron chi connectivity index (χ3n) is 3.41. The van der Waals surface area contributed by atoms with Gasteiger partial charge in [-0.05, 0) is 17.7 Å². The van der Waals surface area contributed by atoms with E-state index in [-0.39, 0.29) is 11.4 Å². The summed E-state index contributed by atoms with van der Waals surface area (Å²) >= 11 is 0. The molecular formula is C14H17N3O5S. The number of sulfonamides is 1. The molecule has 8 nitrogen and oxygen atoms in total. The summed E-state index contributed by atoms with van der Waals surface area (Å²) in [7, 11) is -2.08. The first-order chi connectivity index (χ1) is 11.0. The van der Waals surface area contributed by atoms with Gasteiger partial charge in [0.25, 0.3) is 0 Å². The summed E-state index contributed by atoms with van der Waals surface area (Å²) in [6.07, 6.45) is 1.63. The third kappa shape index (κ3) is 3.46. The van der Waals surface area contributed by atoms with Gasteiger partial charge in [0.15, 0.2) is 11.5 Å². The standard InChI is InChI=1S/C14H17N3O5S/c1-17-9-11(7-15-17)23(19,20)16-8-12(18)10-2-3-13-14(6-10)22-5-4-21-13/h2-3,6-7,9,12,16,18H,4-5,8H2,1H3. The van der Waals surface area contributed by atoms with Crippen molar-refractivity contribution in [2.75, 3.05) is 19.8 Å². The Balaban J connectivity index is 1.68. The van der Waals surface area contributed by atoms with Gasteiger partial charge in [-0.3, -0.25) is 4.68 Å². The molecule has 1 aromatic heterocycles. The normalized spacial score (nSPS) is 15.4. The van der Waals surface area contributed by atoms with Crippen LogP contribution in [0.2, 0.25) is 0 Å². The Bertz CT molecular complexity index is 802. The summed E-state index contributed by atoms with van der Waals surface area (Å²) in [6.45, 7) is 0.775. The van der Waals surface area contributed by atoms with Crippen LogP contribution < -0.4 is 14.2 Å². The quantitative estimate of drug-likeness (QED) is 0.807. The van der Waals surface area contributed by atoms with E-state index in [1.807, 2.05) is 0 Å². The van der Waals surface area contributed by atoms with Crippen molar-refractivity contribution in [3.05, 3.63) is 36.2 Å². The highest BCUT2D eigenvalue weighted by atomic mass is 32.2. The molecule has 0 bridgehead atoms. The highest BCUT2D eigenvalue weighted by Crippen LogP contribution is 2.32. The molecule has 1 unspecified atom stereocenters. The number of benzene rings is 1. The van der Waals surface area contributed by atoms with E-state index in [0.717, 1.165) is 0 Å². The minimum absolute atomic E-state index is 0.0503. The number of fused-ring (bicyclic) bond motifs is 1. The molecule has 1 atom stereocenters. The zero-order chi connectivity index (χ0) is 16.4. The molecule has 1 aliphatic rings. The van der Waals surface area contributed by atoms with Crippen molar-refractivity contribution in [1.82, 2.24) is 14.5 Å². The zero-order valence-corrected chi connectivity index (χ0v) is 13.3. The van der Waals surface area contributed by atoms with E-state index in [1.54, 1.807) is 25.2 Å². The molecular weight excluding hydrogens is 322 g/mol. The first-order valence-electron chi connectivity index (χ1n) is 7.01. The van der Waals surface area contributed by atoms with Crippen molar-refractivity contribution in [3.8, 4) is 11.5 Å². The van der Waals surface area contributed by atoms with Crippen LogP contribution in [-0.2, 0) is 17.1 Å². The van der Waals surface area contributed by atoms with Crippen molar-refractivity contribution in [2.24, 2.45) is 7.05 Å². The lowest BCUT2D eigenvalue weighted by molar-refractivity contribution is 0.165. The summed E-state index contributed by atoms with van der Waals surface area (Å²) in [5.74, 6) is 1.16. The van der Waals surface area contributed by atoms with E-state index in [2.05, 4.69) is 9.82 Å². The molecule has 2 heterocycles. The topological polar surface area (TPSA) is 103 Å². The Morgan fingerprint density at radius 3 is 2.78 bits per heavy atom. The molecule has 0 aliphatic carbocycles. The zero-order valence-electron chi connectivity index (χ0n) is 12.5. The molecule has 3 rings (SSSR count). The third-order valence-corrected chi connectivity index (χ3v) is 4.79. The van der Waals surface area contributed by atoms with Gasteiger partial charge in [-0.2, -0.15) is 5.10 Å². The molecule has 0 fully saturated rings. The minimum atomic E-state index is -3.71. The van der Waals surface area contributed by atoms with E-state index in [4.69, 9.17) is 9.47 Å². The number of aryl methyl sites for hydroxylation is 1. The average Bonchev–Trinajstić information content (AvgIpc) is 2.99. The highest BCUT2D eigenvalue weighted by Gasteiger charge is 2.20. The maximum atomic E-state index is 12.1. The Morgan fingerprint density at radius 1 is 1.35 bits per heavy atom. The van der Waals surface area contributed by atoms with E-state index in [0.29, 0.717) is 30.3 Å². The van der Waals surface area contributed by atoms with Crippen LogP contribution in [-0.4, -0.2) is 43.1 Å². The van der Waals surface area contributed by atoms with Crippen molar-refractivity contribution in [1.29, 1.82) is 0 Å². The van der Waals surface area contributed by atoms with Gasteiger partial charge in [-0.15, -0.1) is 0 Å². The van der Waals surface area contributed by atoms with Gasteiger partial charge in [-0.1, -0.05) is 6.07 Å². The number of rotatable bonds is 5. The molecule has 0 radical (unpaired) electrons. The SMILES string of the molecule is Cn1cc(S(=O)(=O)NCC(O)c2ccc3c(c2)OCCO3)cn1. The van der Waals surface area contributed by atoms with Crippen LogP contribution in [0.15, 0.2) is 35.5 Å². The largest absolute Gasteiger partial charge is 0.486 e. The molecule has 0 amide bonds. The van der Waals surface area contributed by atoms with Crippen molar-refractivity contribution in [2.45, 2.75) is 11.0 Å². The van der Waals surface area contributed by atoms with Gasteiger partial charge < -0.3 is 14.6 Å². The Morgan fingerprint density at radius 2 is 2.09 bits per heavy atom. The van der Waals surface area contributed by atoms with Crippen molar-refractivity contribution in [3.63, 3.8) is 0 Å². The molecule has 1 aromatic carbocycles. The van der Waals surface area contributed by atoms with Crippen LogP contribution in [0.5, 0.6) is 11.5 Å². The molecule has 0 spiro atoms. The Hall–Kier alpha value is -2.10. The second-order valence-electron chi connectivity index (χ2n) is 5.12. The van der Waals surface area contributed by atoms with Gasteiger partial charge >= 0.3 is 0 Å². The number of aromatic nitrogens is 2. The first-order valence-corrected chi connectivity index (χ1v) is 8.50. The maximum absolute atomic E-state index is 12.1. The fourth-order valence-electron chi connectivity index (χ4n) is 2.19. The predicted molar refractivity (Wildman–Crippen MR) is 80.8 cm³/mol. The molecule has 23 heavy (non-hydrogen) atoms. The number of nitrogens with zero attached hydrogens (tertiary/aromatic N) is 2. The van der Waals surface area contributed by atoms with Crippen LogP contribution in [0.3, 0.4) is 0 Å². The summed E-state index contributed by atoms with van der Waals surface area (Å²) in [6, 6.07) is 5.02. The van der Waals surface area contributed by atoms with Gasteiger partial charge in [0, 0.05) is 19.8 Å². The maximum Gasteiger partial charge on any atom is 0.243 e. The summed E-state index contributed by atoms with van der Waals surface area (Å²) in [4.78, 5) is 0.0503. The fourth-order valence-corrected chi connectivity index (χ4v) is 3.22. The van der Waals surface area contributed by atoms with Crippen molar-refractivity contribution >= 4 is 10.0 Å². The van der Waals surface area contributed by atoms with Crippen LogP contribution in [0.1, 0.15) is 11.7 Å². The lowest BCUT2D eigenvalue weighted by Gasteiger charge is -2.20. The molecule has 2 aromatic rings. The van der Waals surface area contributed by atoms with E-state index in [9.17, 15) is 13.5 Å². The van der Waals surface area contributed by atoms with Gasteiger partial charge in [0.1, 0.15) is 18.1 Å². The fraction of sp³-hybridized carbons (Fsp3) is 0.357. The molecule has 0 saturated heterocycles. The van der Waals surface area contributed by atoms with Crippen LogP contribution >= 0.6 is 0 Å². The van der Waals surface area contributed by atoms with E-state index in [1.165, 1.54) is 17.1 Å². The first kappa shape index (κ1) is 15.8. The van der Waals surface area contributed by atoms with Crippen LogP contribution in [0.4, 0.5) is 0 Å². The Labute approximate surface area is 133 Å². The number of ether oxygens (including phenoxy) is 2. The smallest absolute Gasteiger partial charge is 0.243 e.